The first-order valence-electron chi connectivity index (χ1n) is 7.90. The van der Waals surface area contributed by atoms with Crippen molar-refractivity contribution in [1.82, 2.24) is 4.90 Å². The lowest BCUT2D eigenvalue weighted by Crippen LogP contribution is -2.36. The van der Waals surface area contributed by atoms with E-state index in [1.165, 1.54) is 5.56 Å². The summed E-state index contributed by atoms with van der Waals surface area (Å²) >= 11 is 0. The lowest BCUT2D eigenvalue weighted by atomic mass is 10.1. The minimum absolute atomic E-state index is 0.194. The molecule has 0 aliphatic carbocycles. The van der Waals surface area contributed by atoms with E-state index in [0.29, 0.717) is 6.54 Å². The lowest BCUT2D eigenvalue weighted by Gasteiger charge is -2.30. The van der Waals surface area contributed by atoms with Gasteiger partial charge in [-0.3, -0.25) is 4.90 Å². The Bertz CT molecular complexity index is 379. The molecular weight excluding hydrogens is 264 g/mol. The molecule has 2 N–H and O–H groups in total. The molecule has 0 bridgehead atoms. The Labute approximate surface area is 129 Å². The largest absolute Gasteiger partial charge is 0.491 e. The van der Waals surface area contributed by atoms with Crippen molar-refractivity contribution in [3.8, 4) is 5.75 Å². The predicted molar refractivity (Wildman–Crippen MR) is 87.7 cm³/mol. The van der Waals surface area contributed by atoms with Crippen LogP contribution in [0.2, 0.25) is 0 Å². The van der Waals surface area contributed by atoms with E-state index in [4.69, 9.17) is 15.2 Å². The van der Waals surface area contributed by atoms with E-state index in [2.05, 4.69) is 24.0 Å². The Morgan fingerprint density at radius 1 is 1.14 bits per heavy atom. The van der Waals surface area contributed by atoms with Crippen molar-refractivity contribution in [2.45, 2.75) is 39.8 Å². The highest BCUT2D eigenvalue weighted by molar-refractivity contribution is 5.29. The highest BCUT2D eigenvalue weighted by Gasteiger charge is 2.17. The molecular formula is C17H30N2O2. The van der Waals surface area contributed by atoms with Crippen LogP contribution >= 0.6 is 0 Å². The Hall–Kier alpha value is -1.10. The average Bonchev–Trinajstić information content (AvgIpc) is 2.47. The minimum Gasteiger partial charge on any atom is -0.491 e. The second-order valence-corrected chi connectivity index (χ2v) is 5.31. The molecule has 1 atom stereocenters. The van der Waals surface area contributed by atoms with Crippen molar-refractivity contribution in [1.29, 1.82) is 0 Å². The molecule has 0 aliphatic rings. The predicted octanol–water partition coefficient (Wildman–Crippen LogP) is 2.83. The summed E-state index contributed by atoms with van der Waals surface area (Å²) < 4.78 is 11.1. The van der Waals surface area contributed by atoms with Crippen LogP contribution in [0.1, 0.15) is 39.3 Å². The number of likely N-dealkylation sites (N-methyl/N-ethyl adjacent to an activating group) is 1. The summed E-state index contributed by atoms with van der Waals surface area (Å²) in [7, 11) is 0. The van der Waals surface area contributed by atoms with Crippen molar-refractivity contribution in [3.05, 3.63) is 29.8 Å². The van der Waals surface area contributed by atoms with Gasteiger partial charge < -0.3 is 15.2 Å². The quantitative estimate of drug-likeness (QED) is 0.674. The number of hydrogen-bond donors (Lipinski definition) is 1. The summed E-state index contributed by atoms with van der Waals surface area (Å²) in [5, 5.41) is 0. The standard InChI is InChI=1S/C17H30N2O2/c1-5-19(11-12-20-6-2)17(13-18)15-7-9-16(10-8-15)21-14(3)4/h7-10,14,17H,5-6,11-13,18H2,1-4H3. The zero-order chi connectivity index (χ0) is 15.7. The molecule has 0 saturated heterocycles. The number of nitrogens with two attached hydrogens (primary N) is 1. The first-order valence-corrected chi connectivity index (χ1v) is 7.90. The maximum Gasteiger partial charge on any atom is 0.119 e. The molecule has 0 aliphatic heterocycles. The van der Waals surface area contributed by atoms with Crippen molar-refractivity contribution in [2.75, 3.05) is 32.8 Å². The molecule has 0 heterocycles. The van der Waals surface area contributed by atoms with Crippen LogP contribution in [-0.2, 0) is 4.74 Å². The topological polar surface area (TPSA) is 47.7 Å². The van der Waals surface area contributed by atoms with Crippen molar-refractivity contribution in [3.63, 3.8) is 0 Å². The van der Waals surface area contributed by atoms with Gasteiger partial charge in [0.2, 0.25) is 0 Å². The van der Waals surface area contributed by atoms with Gasteiger partial charge in [0, 0.05) is 25.7 Å². The molecule has 0 saturated carbocycles. The van der Waals surface area contributed by atoms with Gasteiger partial charge in [0.05, 0.1) is 12.7 Å². The zero-order valence-corrected chi connectivity index (χ0v) is 13.8. The Morgan fingerprint density at radius 2 is 1.81 bits per heavy atom. The summed E-state index contributed by atoms with van der Waals surface area (Å²) in [5.41, 5.74) is 7.22. The lowest BCUT2D eigenvalue weighted by molar-refractivity contribution is 0.0980. The summed E-state index contributed by atoms with van der Waals surface area (Å²) in [6.07, 6.45) is 0.194. The fourth-order valence-corrected chi connectivity index (χ4v) is 2.40. The zero-order valence-electron chi connectivity index (χ0n) is 13.8. The van der Waals surface area contributed by atoms with Crippen LogP contribution in [0.4, 0.5) is 0 Å². The fraction of sp³-hybridized carbons (Fsp3) is 0.647. The second kappa shape index (κ2) is 9.77. The molecule has 0 amide bonds. The monoisotopic (exact) mass is 294 g/mol. The van der Waals surface area contributed by atoms with Gasteiger partial charge in [-0.1, -0.05) is 19.1 Å². The maximum atomic E-state index is 5.99. The van der Waals surface area contributed by atoms with E-state index < -0.39 is 0 Å². The van der Waals surface area contributed by atoms with Crippen LogP contribution in [0.5, 0.6) is 5.75 Å². The molecule has 0 spiro atoms. The van der Waals surface area contributed by atoms with Crippen LogP contribution in [-0.4, -0.2) is 43.9 Å². The van der Waals surface area contributed by atoms with Crippen LogP contribution in [0.15, 0.2) is 24.3 Å². The third-order valence-corrected chi connectivity index (χ3v) is 3.43. The van der Waals surface area contributed by atoms with Crippen molar-refractivity contribution in [2.24, 2.45) is 5.73 Å². The van der Waals surface area contributed by atoms with E-state index in [1.807, 2.05) is 32.9 Å². The van der Waals surface area contributed by atoms with Crippen molar-refractivity contribution >= 4 is 0 Å². The van der Waals surface area contributed by atoms with Crippen molar-refractivity contribution < 1.29 is 9.47 Å². The number of benzene rings is 1. The molecule has 1 aromatic carbocycles. The number of hydrogen-bond acceptors (Lipinski definition) is 4. The van der Waals surface area contributed by atoms with Gasteiger partial charge in [-0.05, 0) is 45.0 Å². The molecule has 120 valence electrons. The highest BCUT2D eigenvalue weighted by atomic mass is 16.5. The highest BCUT2D eigenvalue weighted by Crippen LogP contribution is 2.22. The van der Waals surface area contributed by atoms with Crippen LogP contribution < -0.4 is 10.5 Å². The minimum atomic E-state index is 0.194. The normalized spacial score (nSPS) is 12.9. The van der Waals surface area contributed by atoms with Crippen LogP contribution in [0.25, 0.3) is 0 Å². The van der Waals surface area contributed by atoms with Gasteiger partial charge in [0.25, 0.3) is 0 Å². The smallest absolute Gasteiger partial charge is 0.119 e. The van der Waals surface area contributed by atoms with E-state index in [1.54, 1.807) is 0 Å². The first-order chi connectivity index (χ1) is 10.1. The second-order valence-electron chi connectivity index (χ2n) is 5.31. The molecule has 1 rings (SSSR count). The molecule has 21 heavy (non-hydrogen) atoms. The van der Waals surface area contributed by atoms with Crippen LogP contribution in [0, 0.1) is 0 Å². The van der Waals surface area contributed by atoms with Gasteiger partial charge in [0.1, 0.15) is 5.75 Å². The third-order valence-electron chi connectivity index (χ3n) is 3.43. The molecule has 4 heteroatoms. The van der Waals surface area contributed by atoms with Gasteiger partial charge in [-0.2, -0.15) is 0 Å². The van der Waals surface area contributed by atoms with E-state index in [9.17, 15) is 0 Å². The molecule has 0 aromatic heterocycles. The molecule has 1 unspecified atom stereocenters. The van der Waals surface area contributed by atoms with Crippen LogP contribution in [0.3, 0.4) is 0 Å². The van der Waals surface area contributed by atoms with Gasteiger partial charge >= 0.3 is 0 Å². The summed E-state index contributed by atoms with van der Waals surface area (Å²) in [6, 6.07) is 8.49. The SMILES string of the molecule is CCOCCN(CC)C(CN)c1ccc(OC(C)C)cc1. The summed E-state index contributed by atoms with van der Waals surface area (Å²) in [5.74, 6) is 0.905. The first kappa shape index (κ1) is 18.0. The number of ether oxygens (including phenoxy) is 2. The Kier molecular flexibility index (Phi) is 8.35. The number of nitrogens with zero attached hydrogens (tertiary/aromatic N) is 1. The maximum absolute atomic E-state index is 5.99. The third kappa shape index (κ3) is 6.04. The Morgan fingerprint density at radius 3 is 2.29 bits per heavy atom. The average molecular weight is 294 g/mol. The Balaban J connectivity index is 2.72. The summed E-state index contributed by atoms with van der Waals surface area (Å²) in [4.78, 5) is 2.36. The van der Waals surface area contributed by atoms with Gasteiger partial charge in [-0.15, -0.1) is 0 Å². The molecule has 0 radical (unpaired) electrons. The van der Waals surface area contributed by atoms with E-state index in [-0.39, 0.29) is 12.1 Å². The molecule has 4 nitrogen and oxygen atoms in total. The number of rotatable bonds is 10. The summed E-state index contributed by atoms with van der Waals surface area (Å²) in [6.45, 7) is 12.2. The van der Waals surface area contributed by atoms with Gasteiger partial charge in [-0.25, -0.2) is 0 Å². The van der Waals surface area contributed by atoms with Gasteiger partial charge in [0.15, 0.2) is 0 Å². The van der Waals surface area contributed by atoms with E-state index >= 15 is 0 Å². The molecule has 0 fully saturated rings. The van der Waals surface area contributed by atoms with E-state index in [0.717, 1.165) is 32.1 Å². The molecule has 1 aromatic rings. The fourth-order valence-electron chi connectivity index (χ4n) is 2.40.